The highest BCUT2D eigenvalue weighted by Gasteiger charge is 2.20. The lowest BCUT2D eigenvalue weighted by molar-refractivity contribution is -0.870. The van der Waals surface area contributed by atoms with Gasteiger partial charge in [0.25, 0.3) is 7.82 Å². The number of hydrogen-bond acceptors (Lipinski definition) is 7. The number of unbranched alkanes of at least 4 members (excludes halogenated alkanes) is 22. The largest absolute Gasteiger partial charge is 0.756 e. The van der Waals surface area contributed by atoms with E-state index < -0.39 is 13.9 Å². The van der Waals surface area contributed by atoms with E-state index in [1.165, 1.54) is 109 Å². The third kappa shape index (κ3) is 43.7. The first-order valence-corrected chi connectivity index (χ1v) is 24.2. The summed E-state index contributed by atoms with van der Waals surface area (Å²) in [4.78, 5) is 25.1. The molecule has 8 nitrogen and oxygen atoms in total. The van der Waals surface area contributed by atoms with Crippen LogP contribution in [0.5, 0.6) is 0 Å². The molecule has 0 N–H and O–H groups in total. The Bertz CT molecular complexity index is 978. The van der Waals surface area contributed by atoms with E-state index in [0.717, 1.165) is 64.2 Å². The van der Waals surface area contributed by atoms with Gasteiger partial charge in [-0.2, -0.15) is 0 Å². The molecule has 0 aromatic carbocycles. The molecule has 0 saturated carbocycles. The Balaban J connectivity index is 4.25. The van der Waals surface area contributed by atoms with Crippen molar-refractivity contribution in [3.8, 4) is 0 Å². The molecular weight excluding hydrogens is 709 g/mol. The molecule has 0 aliphatic carbocycles. The monoisotopic (exact) mass is 798 g/mol. The van der Waals surface area contributed by atoms with Crippen molar-refractivity contribution in [1.82, 2.24) is 0 Å². The lowest BCUT2D eigenvalue weighted by Gasteiger charge is -2.28. The average Bonchev–Trinajstić information content (AvgIpc) is 3.13. The fourth-order valence-electron chi connectivity index (χ4n) is 6.10. The van der Waals surface area contributed by atoms with Gasteiger partial charge in [-0.3, -0.25) is 9.36 Å². The Morgan fingerprint density at radius 3 is 1.51 bits per heavy atom. The van der Waals surface area contributed by atoms with Crippen molar-refractivity contribution in [2.24, 2.45) is 0 Å². The molecule has 0 fully saturated rings. The molecule has 0 radical (unpaired) electrons. The normalized spacial score (nSPS) is 14.1. The Hall–Kier alpha value is -1.28. The van der Waals surface area contributed by atoms with Crippen LogP contribution in [0.4, 0.5) is 0 Å². The van der Waals surface area contributed by atoms with Gasteiger partial charge in [-0.25, -0.2) is 0 Å². The van der Waals surface area contributed by atoms with E-state index in [-0.39, 0.29) is 25.8 Å². The number of phosphoric acid groups is 1. The van der Waals surface area contributed by atoms with Crippen LogP contribution in [0.25, 0.3) is 0 Å². The van der Waals surface area contributed by atoms with Crippen molar-refractivity contribution >= 4 is 13.8 Å². The molecule has 0 aromatic rings. The lowest BCUT2D eigenvalue weighted by atomic mass is 10.1. The number of esters is 1. The van der Waals surface area contributed by atoms with Gasteiger partial charge in [-0.05, 0) is 70.6 Å². The highest BCUT2D eigenvalue weighted by Crippen LogP contribution is 2.38. The van der Waals surface area contributed by atoms with E-state index in [4.69, 9.17) is 18.5 Å². The predicted octanol–water partition coefficient (Wildman–Crippen LogP) is 12.8. The van der Waals surface area contributed by atoms with Crippen LogP contribution in [0.2, 0.25) is 0 Å². The van der Waals surface area contributed by atoms with Crippen molar-refractivity contribution in [2.75, 3.05) is 54.1 Å². The number of ether oxygens (including phenoxy) is 2. The Kier molecular flexibility index (Phi) is 38.6. The molecular formula is C46H88NO7P. The van der Waals surface area contributed by atoms with Crippen molar-refractivity contribution in [1.29, 1.82) is 0 Å². The SMILES string of the molecule is CCCCCC/C=C\C/C=C\CCCCCCCCOCC(COP(=O)([O-])OCC[N+](C)(C)C)OC(=O)CCCCCCC/C=C\CCCCCCCCC. The second-order valence-electron chi connectivity index (χ2n) is 16.4. The fraction of sp³-hybridized carbons (Fsp3) is 0.848. The highest BCUT2D eigenvalue weighted by atomic mass is 31.2. The zero-order valence-electron chi connectivity index (χ0n) is 36.6. The van der Waals surface area contributed by atoms with E-state index >= 15 is 0 Å². The summed E-state index contributed by atoms with van der Waals surface area (Å²) in [5, 5.41) is 0. The van der Waals surface area contributed by atoms with Crippen molar-refractivity contribution in [2.45, 2.75) is 200 Å². The van der Waals surface area contributed by atoms with Crippen LogP contribution in [0.15, 0.2) is 36.5 Å². The van der Waals surface area contributed by atoms with E-state index in [1.54, 1.807) is 0 Å². The van der Waals surface area contributed by atoms with Crippen LogP contribution >= 0.6 is 7.82 Å². The summed E-state index contributed by atoms with van der Waals surface area (Å²) in [6.45, 7) is 5.37. The van der Waals surface area contributed by atoms with E-state index in [9.17, 15) is 14.3 Å². The van der Waals surface area contributed by atoms with Gasteiger partial charge in [0.2, 0.25) is 0 Å². The fourth-order valence-corrected chi connectivity index (χ4v) is 6.83. The Morgan fingerprint density at radius 1 is 0.564 bits per heavy atom. The summed E-state index contributed by atoms with van der Waals surface area (Å²) in [6, 6.07) is 0. The van der Waals surface area contributed by atoms with Gasteiger partial charge < -0.3 is 27.9 Å². The van der Waals surface area contributed by atoms with Gasteiger partial charge in [-0.1, -0.05) is 153 Å². The van der Waals surface area contributed by atoms with E-state index in [2.05, 4.69) is 50.3 Å². The number of allylic oxidation sites excluding steroid dienone is 6. The number of phosphoric ester groups is 1. The maximum atomic E-state index is 12.7. The molecule has 55 heavy (non-hydrogen) atoms. The highest BCUT2D eigenvalue weighted by molar-refractivity contribution is 7.45. The second-order valence-corrected chi connectivity index (χ2v) is 17.8. The predicted molar refractivity (Wildman–Crippen MR) is 231 cm³/mol. The van der Waals surface area contributed by atoms with Gasteiger partial charge >= 0.3 is 5.97 Å². The second kappa shape index (κ2) is 39.5. The van der Waals surface area contributed by atoms with Gasteiger partial charge in [-0.15, -0.1) is 0 Å². The van der Waals surface area contributed by atoms with E-state index in [0.29, 0.717) is 24.1 Å². The molecule has 0 saturated heterocycles. The molecule has 324 valence electrons. The Morgan fingerprint density at radius 2 is 1.00 bits per heavy atom. The first-order chi connectivity index (χ1) is 26.6. The van der Waals surface area contributed by atoms with Crippen LogP contribution in [0, 0.1) is 0 Å². The summed E-state index contributed by atoms with van der Waals surface area (Å²) in [7, 11) is 1.34. The quantitative estimate of drug-likeness (QED) is 0.0200. The van der Waals surface area contributed by atoms with Crippen LogP contribution in [-0.2, 0) is 27.9 Å². The minimum Gasteiger partial charge on any atom is -0.756 e. The number of rotatable bonds is 42. The standard InChI is InChI=1S/C46H88NO7P/c1-6-8-10-12-14-16-18-20-22-24-26-28-30-32-34-36-38-41-51-43-45(44-53-55(49,50)52-42-40-47(3,4)5)54-46(48)39-37-35-33-31-29-27-25-23-21-19-17-15-13-11-9-7-2/h16,18,22-25,45H,6-15,17,19-21,26-44H2,1-5H3/b18-16-,24-22-,25-23-. The van der Waals surface area contributed by atoms with Gasteiger partial charge in [0, 0.05) is 13.0 Å². The average molecular weight is 798 g/mol. The molecule has 0 aliphatic heterocycles. The molecule has 2 unspecified atom stereocenters. The summed E-state index contributed by atoms with van der Waals surface area (Å²) < 4.78 is 34.6. The molecule has 0 aliphatic rings. The zero-order chi connectivity index (χ0) is 40.6. The molecule has 0 bridgehead atoms. The molecule has 0 amide bonds. The van der Waals surface area contributed by atoms with E-state index in [1.807, 2.05) is 21.1 Å². The Labute approximate surface area is 340 Å². The molecule has 0 aromatic heterocycles. The van der Waals surface area contributed by atoms with Crippen LogP contribution in [-0.4, -0.2) is 70.7 Å². The smallest absolute Gasteiger partial charge is 0.306 e. The zero-order valence-corrected chi connectivity index (χ0v) is 37.5. The van der Waals surface area contributed by atoms with Crippen molar-refractivity contribution in [3.05, 3.63) is 36.5 Å². The first kappa shape index (κ1) is 53.7. The maximum Gasteiger partial charge on any atom is 0.306 e. The summed E-state index contributed by atoms with van der Waals surface area (Å²) in [5.41, 5.74) is 0. The number of carbonyl (C=O) groups is 1. The molecule has 0 rings (SSSR count). The molecule has 0 heterocycles. The van der Waals surface area contributed by atoms with Gasteiger partial charge in [0.15, 0.2) is 0 Å². The molecule has 2 atom stereocenters. The number of likely N-dealkylation sites (N-methyl/N-ethyl adjacent to an activating group) is 1. The van der Waals surface area contributed by atoms with Crippen LogP contribution in [0.3, 0.4) is 0 Å². The van der Waals surface area contributed by atoms with Gasteiger partial charge in [0.1, 0.15) is 19.3 Å². The summed E-state index contributed by atoms with van der Waals surface area (Å²) in [5.74, 6) is -0.346. The summed E-state index contributed by atoms with van der Waals surface area (Å²) >= 11 is 0. The third-order valence-corrected chi connectivity index (χ3v) is 10.6. The minimum atomic E-state index is -4.53. The number of nitrogens with zero attached hydrogens (tertiary/aromatic N) is 1. The molecule has 0 spiro atoms. The van der Waals surface area contributed by atoms with Crippen LogP contribution in [0.1, 0.15) is 194 Å². The first-order valence-electron chi connectivity index (χ1n) is 22.7. The number of carbonyl (C=O) groups excluding carboxylic acids is 1. The van der Waals surface area contributed by atoms with Crippen molar-refractivity contribution < 1.29 is 37.3 Å². The number of quaternary nitrogens is 1. The third-order valence-electron chi connectivity index (χ3n) is 9.66. The summed E-state index contributed by atoms with van der Waals surface area (Å²) in [6.07, 6.45) is 45.8. The lowest BCUT2D eigenvalue weighted by Crippen LogP contribution is -2.37. The minimum absolute atomic E-state index is 0.0222. The topological polar surface area (TPSA) is 94.1 Å². The van der Waals surface area contributed by atoms with Gasteiger partial charge in [0.05, 0.1) is 34.4 Å². The van der Waals surface area contributed by atoms with Crippen LogP contribution < -0.4 is 4.89 Å². The van der Waals surface area contributed by atoms with Crippen molar-refractivity contribution in [3.63, 3.8) is 0 Å². The number of hydrogen-bond donors (Lipinski definition) is 0. The molecule has 9 heteroatoms. The maximum absolute atomic E-state index is 12.7.